The second-order valence-corrected chi connectivity index (χ2v) is 8.42. The van der Waals surface area contributed by atoms with Crippen LogP contribution in [-0.4, -0.2) is 51.5 Å². The highest BCUT2D eigenvalue weighted by Gasteiger charge is 2.19. The number of rotatable bonds is 5. The number of hydrogen-bond acceptors (Lipinski definition) is 5. The van der Waals surface area contributed by atoms with Crippen LogP contribution in [0.25, 0.3) is 16.3 Å². The topological polar surface area (TPSA) is 41.4 Å². The van der Waals surface area contributed by atoms with E-state index in [2.05, 4.69) is 51.2 Å². The van der Waals surface area contributed by atoms with Gasteiger partial charge in [0.25, 0.3) is 5.56 Å². The fraction of sp³-hybridized carbons (Fsp3) is 0.364. The summed E-state index contributed by atoms with van der Waals surface area (Å²) in [6.45, 7) is 9.60. The van der Waals surface area contributed by atoms with Gasteiger partial charge >= 0.3 is 0 Å². The lowest BCUT2D eigenvalue weighted by Crippen LogP contribution is -2.47. The van der Waals surface area contributed by atoms with E-state index in [4.69, 9.17) is 0 Å². The zero-order valence-corrected chi connectivity index (χ0v) is 17.3. The summed E-state index contributed by atoms with van der Waals surface area (Å²) in [5.74, 6) is 0. The Labute approximate surface area is 169 Å². The monoisotopic (exact) mass is 394 g/mol. The van der Waals surface area contributed by atoms with E-state index in [1.54, 1.807) is 0 Å². The Morgan fingerprint density at radius 1 is 1.07 bits per heavy atom. The average molecular weight is 395 g/mol. The molecule has 3 heterocycles. The first-order valence-electron chi connectivity index (χ1n) is 9.74. The van der Waals surface area contributed by atoms with E-state index in [-0.39, 0.29) is 5.56 Å². The van der Waals surface area contributed by atoms with Crippen molar-refractivity contribution in [2.24, 2.45) is 0 Å². The van der Waals surface area contributed by atoms with E-state index < -0.39 is 0 Å². The predicted octanol–water partition coefficient (Wildman–Crippen LogP) is 3.36. The van der Waals surface area contributed by atoms with Crippen LogP contribution >= 0.6 is 11.5 Å². The molecule has 3 aromatic rings. The molecule has 0 saturated carbocycles. The van der Waals surface area contributed by atoms with E-state index in [1.807, 2.05) is 29.9 Å². The normalized spacial score (nSPS) is 16.4. The second-order valence-electron chi connectivity index (χ2n) is 7.41. The molecule has 1 aliphatic heterocycles. The van der Waals surface area contributed by atoms with Crippen molar-refractivity contribution in [2.45, 2.75) is 20.5 Å². The molecule has 5 nitrogen and oxygen atoms in total. The maximum absolute atomic E-state index is 12.8. The van der Waals surface area contributed by atoms with Gasteiger partial charge in [-0.05, 0) is 42.6 Å². The minimum Gasteiger partial charge on any atom is -0.297 e. The van der Waals surface area contributed by atoms with Crippen LogP contribution in [0.3, 0.4) is 0 Å². The van der Waals surface area contributed by atoms with Crippen LogP contribution in [0.1, 0.15) is 16.8 Å². The van der Waals surface area contributed by atoms with E-state index in [9.17, 15) is 4.79 Å². The number of aromatic nitrogens is 2. The maximum atomic E-state index is 12.8. The molecule has 6 heteroatoms. The summed E-state index contributed by atoms with van der Waals surface area (Å²) in [7, 11) is 0. The lowest BCUT2D eigenvalue weighted by molar-refractivity contribution is 0.118. The van der Waals surface area contributed by atoms with Crippen LogP contribution in [0.5, 0.6) is 0 Å². The highest BCUT2D eigenvalue weighted by atomic mass is 32.1. The van der Waals surface area contributed by atoms with E-state index in [1.165, 1.54) is 17.1 Å². The first-order valence-corrected chi connectivity index (χ1v) is 10.5. The molecular formula is C22H26N4OS. The van der Waals surface area contributed by atoms with Crippen LogP contribution in [0.15, 0.2) is 47.3 Å². The zero-order chi connectivity index (χ0) is 19.5. The summed E-state index contributed by atoms with van der Waals surface area (Å²) in [5.41, 5.74) is 3.33. The Morgan fingerprint density at radius 3 is 2.54 bits per heavy atom. The van der Waals surface area contributed by atoms with E-state index >= 15 is 0 Å². The molecule has 1 aliphatic rings. The van der Waals surface area contributed by atoms with Crippen molar-refractivity contribution >= 4 is 27.8 Å². The summed E-state index contributed by atoms with van der Waals surface area (Å²) in [4.78, 5) is 23.0. The third-order valence-corrected chi connectivity index (χ3v) is 6.19. The highest BCUT2D eigenvalue weighted by Crippen LogP contribution is 2.19. The number of hydrogen-bond donors (Lipinski definition) is 0. The van der Waals surface area contributed by atoms with Crippen molar-refractivity contribution in [2.75, 3.05) is 32.7 Å². The number of benzene rings is 1. The third-order valence-electron chi connectivity index (χ3n) is 5.22. The zero-order valence-electron chi connectivity index (χ0n) is 16.5. The van der Waals surface area contributed by atoms with Crippen LogP contribution in [0, 0.1) is 13.8 Å². The molecule has 0 radical (unpaired) electrons. The number of nitrogens with zero attached hydrogens (tertiary/aromatic N) is 4. The lowest BCUT2D eigenvalue weighted by atomic mass is 10.2. The van der Waals surface area contributed by atoms with Crippen molar-refractivity contribution in [1.29, 1.82) is 0 Å². The first-order chi connectivity index (χ1) is 13.6. The second kappa shape index (κ2) is 8.39. The van der Waals surface area contributed by atoms with Gasteiger partial charge in [-0.2, -0.15) is 0 Å². The fourth-order valence-corrected chi connectivity index (χ4v) is 4.82. The number of fused-ring (bicyclic) bond motifs is 1. The molecule has 0 unspecified atom stereocenters. The molecule has 1 fully saturated rings. The van der Waals surface area contributed by atoms with Crippen LogP contribution in [0.4, 0.5) is 0 Å². The quantitative estimate of drug-likeness (QED) is 0.665. The van der Waals surface area contributed by atoms with Gasteiger partial charge in [-0.3, -0.25) is 14.6 Å². The van der Waals surface area contributed by atoms with Gasteiger partial charge < -0.3 is 0 Å². The van der Waals surface area contributed by atoms with Gasteiger partial charge in [-0.15, -0.1) is 0 Å². The van der Waals surface area contributed by atoms with Crippen molar-refractivity contribution in [3.05, 3.63) is 69.6 Å². The Hall–Kier alpha value is -2.28. The largest absolute Gasteiger partial charge is 0.297 e. The fourth-order valence-electron chi connectivity index (χ4n) is 3.69. The lowest BCUT2D eigenvalue weighted by Gasteiger charge is -2.33. The molecule has 4 rings (SSSR count). The van der Waals surface area contributed by atoms with Gasteiger partial charge in [-0.25, -0.2) is 8.94 Å². The predicted molar refractivity (Wildman–Crippen MR) is 117 cm³/mol. The van der Waals surface area contributed by atoms with Gasteiger partial charge in [0.2, 0.25) is 0 Å². The van der Waals surface area contributed by atoms with Crippen molar-refractivity contribution < 1.29 is 0 Å². The van der Waals surface area contributed by atoms with Crippen LogP contribution in [-0.2, 0) is 6.67 Å². The SMILES string of the molecule is Cc1cc(C)c2c(=O)n(CN3CCN(C/C=C/c4ccccc4)CC3)sc2n1. The van der Waals surface area contributed by atoms with Crippen LogP contribution in [0.2, 0.25) is 0 Å². The molecule has 0 bridgehead atoms. The van der Waals surface area contributed by atoms with Gasteiger partial charge in [-0.1, -0.05) is 42.5 Å². The van der Waals surface area contributed by atoms with Gasteiger partial charge in [0.15, 0.2) is 0 Å². The molecule has 0 atom stereocenters. The summed E-state index contributed by atoms with van der Waals surface area (Å²) >= 11 is 1.48. The highest BCUT2D eigenvalue weighted by molar-refractivity contribution is 7.13. The third kappa shape index (κ3) is 4.24. The minimum atomic E-state index is 0.0956. The standard InChI is InChI=1S/C22H26N4OS/c1-17-15-18(2)23-21-20(17)22(27)26(28-21)16-25-13-11-24(12-14-25)10-6-9-19-7-4-3-5-8-19/h3-9,15H,10-14,16H2,1-2H3/b9-6+. The molecular weight excluding hydrogens is 368 g/mol. The van der Waals surface area contributed by atoms with E-state index in [0.29, 0.717) is 6.67 Å². The van der Waals surface area contributed by atoms with Crippen molar-refractivity contribution in [3.63, 3.8) is 0 Å². The summed E-state index contributed by atoms with van der Waals surface area (Å²) in [6.07, 6.45) is 4.42. The molecule has 1 aromatic carbocycles. The molecule has 28 heavy (non-hydrogen) atoms. The molecule has 0 aliphatic carbocycles. The number of piperazine rings is 1. The Bertz CT molecular complexity index is 1030. The average Bonchev–Trinajstić information content (AvgIpc) is 2.99. The first kappa shape index (κ1) is 19.1. The smallest absolute Gasteiger partial charge is 0.271 e. The maximum Gasteiger partial charge on any atom is 0.271 e. The Balaban J connectivity index is 1.34. The molecule has 0 N–H and O–H groups in total. The van der Waals surface area contributed by atoms with Crippen LogP contribution < -0.4 is 5.56 Å². The van der Waals surface area contributed by atoms with Crippen molar-refractivity contribution in [1.82, 2.24) is 18.7 Å². The summed E-state index contributed by atoms with van der Waals surface area (Å²) < 4.78 is 1.86. The summed E-state index contributed by atoms with van der Waals surface area (Å²) in [6, 6.07) is 12.4. The molecule has 1 saturated heterocycles. The number of pyridine rings is 1. The molecule has 0 amide bonds. The van der Waals surface area contributed by atoms with E-state index in [0.717, 1.165) is 54.2 Å². The van der Waals surface area contributed by atoms with Gasteiger partial charge in [0, 0.05) is 38.4 Å². The molecule has 2 aromatic heterocycles. The molecule has 0 spiro atoms. The number of aryl methyl sites for hydroxylation is 2. The van der Waals surface area contributed by atoms with Gasteiger partial charge in [0.05, 0.1) is 12.1 Å². The summed E-state index contributed by atoms with van der Waals surface area (Å²) in [5, 5.41) is 0.778. The van der Waals surface area contributed by atoms with Crippen molar-refractivity contribution in [3.8, 4) is 0 Å². The molecule has 146 valence electrons. The Kier molecular flexibility index (Phi) is 5.71. The van der Waals surface area contributed by atoms with Gasteiger partial charge in [0.1, 0.15) is 4.83 Å². The Morgan fingerprint density at radius 2 is 1.79 bits per heavy atom. The minimum absolute atomic E-state index is 0.0956.